The molecule has 0 atom stereocenters. The fourth-order valence-electron chi connectivity index (χ4n) is 2.66. The van der Waals surface area contributed by atoms with E-state index in [0.29, 0.717) is 35.5 Å². The lowest BCUT2D eigenvalue weighted by atomic mass is 10.2. The maximum atomic E-state index is 12.4. The molecule has 0 saturated carbocycles. The zero-order valence-electron chi connectivity index (χ0n) is 17.7. The van der Waals surface area contributed by atoms with Gasteiger partial charge in [0, 0.05) is 41.6 Å². The van der Waals surface area contributed by atoms with E-state index < -0.39 is 10.0 Å². The molecule has 0 unspecified atom stereocenters. The number of aryl methyl sites for hydroxylation is 2. The normalized spacial score (nSPS) is 11.6. The molecule has 1 heterocycles. The van der Waals surface area contributed by atoms with E-state index in [9.17, 15) is 8.42 Å². The van der Waals surface area contributed by atoms with Crippen LogP contribution in [0.3, 0.4) is 0 Å². The standard InChI is InChI=1S/C19H28N4O4S2.HI/c1-6-27-17-12-15(7-8-16(17)26-5)23-19(20-4)21-9-10-22-29(24,25)18-11-13(2)28-14(18)3;/h7-8,11-12,22H,6,9-10H2,1-5H3,(H2,20,21,23);1H. The zero-order chi connectivity index (χ0) is 21.4. The van der Waals surface area contributed by atoms with Gasteiger partial charge in [-0.1, -0.05) is 0 Å². The van der Waals surface area contributed by atoms with Crippen LogP contribution < -0.4 is 24.8 Å². The number of sulfonamides is 1. The number of ether oxygens (including phenoxy) is 2. The number of methoxy groups -OCH3 is 1. The first-order chi connectivity index (χ1) is 13.8. The Morgan fingerprint density at radius 1 is 1.17 bits per heavy atom. The number of anilines is 1. The van der Waals surface area contributed by atoms with Crippen molar-refractivity contribution in [2.75, 3.05) is 39.2 Å². The molecule has 0 saturated heterocycles. The van der Waals surface area contributed by atoms with Crippen molar-refractivity contribution in [1.82, 2.24) is 10.0 Å². The second kappa shape index (κ2) is 12.3. The third-order valence-corrected chi connectivity index (χ3v) is 6.63. The fourth-order valence-corrected chi connectivity index (χ4v) is 5.24. The number of aliphatic imine (C=N–C) groups is 1. The Morgan fingerprint density at radius 2 is 1.90 bits per heavy atom. The minimum absolute atomic E-state index is 0. The third-order valence-electron chi connectivity index (χ3n) is 3.94. The smallest absolute Gasteiger partial charge is 0.241 e. The lowest BCUT2D eigenvalue weighted by molar-refractivity contribution is 0.311. The van der Waals surface area contributed by atoms with Crippen molar-refractivity contribution >= 4 is 57.0 Å². The summed E-state index contributed by atoms with van der Waals surface area (Å²) >= 11 is 1.47. The summed E-state index contributed by atoms with van der Waals surface area (Å²) in [6.45, 7) is 6.72. The van der Waals surface area contributed by atoms with E-state index in [-0.39, 0.29) is 30.5 Å². The van der Waals surface area contributed by atoms with Crippen LogP contribution in [0.1, 0.15) is 16.7 Å². The topological polar surface area (TPSA) is 101 Å². The predicted octanol–water partition coefficient (Wildman–Crippen LogP) is 3.36. The molecule has 3 N–H and O–H groups in total. The van der Waals surface area contributed by atoms with Gasteiger partial charge in [0.1, 0.15) is 0 Å². The number of benzene rings is 1. The van der Waals surface area contributed by atoms with Crippen LogP contribution in [-0.2, 0) is 10.0 Å². The number of halogens is 1. The van der Waals surface area contributed by atoms with Gasteiger partial charge in [0.25, 0.3) is 0 Å². The molecule has 8 nitrogen and oxygen atoms in total. The van der Waals surface area contributed by atoms with E-state index in [2.05, 4.69) is 20.3 Å². The first-order valence-corrected chi connectivity index (χ1v) is 11.5. The van der Waals surface area contributed by atoms with Crippen LogP contribution in [0.2, 0.25) is 0 Å². The summed E-state index contributed by atoms with van der Waals surface area (Å²) < 4.78 is 38.3. The SMILES string of the molecule is CCOc1cc(NC(=NC)NCCNS(=O)(=O)c2cc(C)sc2C)ccc1OC.I. The van der Waals surface area contributed by atoms with Crippen molar-refractivity contribution < 1.29 is 17.9 Å². The Bertz CT molecular complexity index is 961. The number of thiophene rings is 1. The molecule has 11 heteroatoms. The molecule has 30 heavy (non-hydrogen) atoms. The molecule has 168 valence electrons. The molecule has 0 aliphatic carbocycles. The van der Waals surface area contributed by atoms with Crippen molar-refractivity contribution in [3.63, 3.8) is 0 Å². The van der Waals surface area contributed by atoms with Crippen LogP contribution in [0.5, 0.6) is 11.5 Å². The summed E-state index contributed by atoms with van der Waals surface area (Å²) in [5.74, 6) is 1.79. The van der Waals surface area contributed by atoms with Crippen LogP contribution in [0.15, 0.2) is 34.2 Å². The van der Waals surface area contributed by atoms with Crippen molar-refractivity contribution in [1.29, 1.82) is 0 Å². The second-order valence-corrected chi connectivity index (χ2v) is 9.29. The van der Waals surface area contributed by atoms with E-state index >= 15 is 0 Å². The number of guanidine groups is 1. The number of nitrogens with zero attached hydrogens (tertiary/aromatic N) is 1. The Labute approximate surface area is 199 Å². The molecule has 0 amide bonds. The monoisotopic (exact) mass is 568 g/mol. The number of nitrogens with one attached hydrogen (secondary N) is 3. The van der Waals surface area contributed by atoms with Crippen LogP contribution in [0.4, 0.5) is 5.69 Å². The number of hydrogen-bond donors (Lipinski definition) is 3. The molecule has 0 radical (unpaired) electrons. The zero-order valence-corrected chi connectivity index (χ0v) is 21.7. The summed E-state index contributed by atoms with van der Waals surface area (Å²) in [7, 11) is -0.292. The molecule has 2 rings (SSSR count). The Balaban J connectivity index is 0.00000450. The van der Waals surface area contributed by atoms with Crippen LogP contribution in [0, 0.1) is 13.8 Å². The third kappa shape index (κ3) is 7.29. The molecule has 0 aliphatic heterocycles. The fraction of sp³-hybridized carbons (Fsp3) is 0.421. The summed E-state index contributed by atoms with van der Waals surface area (Å²) in [5, 5.41) is 6.23. The number of hydrogen-bond acceptors (Lipinski definition) is 6. The first kappa shape index (κ1) is 26.5. The predicted molar refractivity (Wildman–Crippen MR) is 134 cm³/mol. The highest BCUT2D eigenvalue weighted by atomic mass is 127. The lowest BCUT2D eigenvalue weighted by Crippen LogP contribution is -2.37. The maximum absolute atomic E-state index is 12.4. The van der Waals surface area contributed by atoms with Gasteiger partial charge in [0.05, 0.1) is 18.6 Å². The first-order valence-electron chi connectivity index (χ1n) is 9.16. The van der Waals surface area contributed by atoms with Gasteiger partial charge in [0.15, 0.2) is 17.5 Å². The minimum Gasteiger partial charge on any atom is -0.493 e. The lowest BCUT2D eigenvalue weighted by Gasteiger charge is -2.15. The molecular weight excluding hydrogens is 539 g/mol. The summed E-state index contributed by atoms with van der Waals surface area (Å²) in [6, 6.07) is 7.16. The van der Waals surface area contributed by atoms with Gasteiger partial charge in [-0.05, 0) is 39.0 Å². The van der Waals surface area contributed by atoms with Crippen LogP contribution >= 0.6 is 35.3 Å². The number of rotatable bonds is 9. The summed E-state index contributed by atoms with van der Waals surface area (Å²) in [4.78, 5) is 6.25. The van der Waals surface area contributed by atoms with E-state index in [1.807, 2.05) is 32.9 Å². The molecule has 2 aromatic rings. The minimum atomic E-state index is -3.52. The van der Waals surface area contributed by atoms with Crippen LogP contribution in [-0.4, -0.2) is 48.2 Å². The summed E-state index contributed by atoms with van der Waals surface area (Å²) in [5.41, 5.74) is 0.771. The highest BCUT2D eigenvalue weighted by Crippen LogP contribution is 2.30. The molecule has 0 fully saturated rings. The van der Waals surface area contributed by atoms with Crippen LogP contribution in [0.25, 0.3) is 0 Å². The van der Waals surface area contributed by atoms with Crippen molar-refractivity contribution in [3.8, 4) is 11.5 Å². The summed E-state index contributed by atoms with van der Waals surface area (Å²) in [6.07, 6.45) is 0. The molecular formula is C19H29IN4O4S2. The van der Waals surface area contributed by atoms with Gasteiger partial charge >= 0.3 is 0 Å². The molecule has 1 aromatic carbocycles. The highest BCUT2D eigenvalue weighted by molar-refractivity contribution is 14.0. The van der Waals surface area contributed by atoms with Gasteiger partial charge in [-0.2, -0.15) is 0 Å². The van der Waals surface area contributed by atoms with E-state index in [1.165, 1.54) is 11.3 Å². The molecule has 1 aromatic heterocycles. The highest BCUT2D eigenvalue weighted by Gasteiger charge is 2.18. The van der Waals surface area contributed by atoms with Crippen molar-refractivity contribution in [3.05, 3.63) is 34.0 Å². The van der Waals surface area contributed by atoms with Gasteiger partial charge in [-0.3, -0.25) is 4.99 Å². The van der Waals surface area contributed by atoms with E-state index in [4.69, 9.17) is 9.47 Å². The Hall–Kier alpha value is -1.57. The van der Waals surface area contributed by atoms with Gasteiger partial charge in [-0.25, -0.2) is 13.1 Å². The van der Waals surface area contributed by atoms with Crippen molar-refractivity contribution in [2.24, 2.45) is 4.99 Å². The Morgan fingerprint density at radius 3 is 2.47 bits per heavy atom. The van der Waals surface area contributed by atoms with Gasteiger partial charge < -0.3 is 20.1 Å². The van der Waals surface area contributed by atoms with Gasteiger partial charge in [0.2, 0.25) is 10.0 Å². The van der Waals surface area contributed by atoms with E-state index in [1.54, 1.807) is 26.3 Å². The van der Waals surface area contributed by atoms with Crippen molar-refractivity contribution in [2.45, 2.75) is 25.7 Å². The van der Waals surface area contributed by atoms with E-state index in [0.717, 1.165) is 15.4 Å². The average molecular weight is 569 g/mol. The Kier molecular flexibility index (Phi) is 10.9. The second-order valence-electron chi connectivity index (χ2n) is 6.10. The molecule has 0 aliphatic rings. The molecule has 0 bridgehead atoms. The van der Waals surface area contributed by atoms with Gasteiger partial charge in [-0.15, -0.1) is 35.3 Å². The maximum Gasteiger partial charge on any atom is 0.241 e. The largest absolute Gasteiger partial charge is 0.493 e. The average Bonchev–Trinajstić information content (AvgIpc) is 3.03. The quantitative estimate of drug-likeness (QED) is 0.186. The molecule has 0 spiro atoms.